The topological polar surface area (TPSA) is 31.4 Å². The SMILES string of the molecule is CCCCCCCc1ccc(-c2ccc(OCCCOCCCC)cn2)cc1. The van der Waals surface area contributed by atoms with Gasteiger partial charge in [-0.2, -0.15) is 0 Å². The van der Waals surface area contributed by atoms with Gasteiger partial charge in [-0.3, -0.25) is 4.98 Å². The zero-order valence-corrected chi connectivity index (χ0v) is 17.8. The van der Waals surface area contributed by atoms with E-state index in [1.807, 2.05) is 18.3 Å². The summed E-state index contributed by atoms with van der Waals surface area (Å²) in [7, 11) is 0. The van der Waals surface area contributed by atoms with Crippen molar-refractivity contribution in [2.75, 3.05) is 19.8 Å². The van der Waals surface area contributed by atoms with Crippen LogP contribution in [0.4, 0.5) is 0 Å². The van der Waals surface area contributed by atoms with E-state index in [1.165, 1.54) is 50.5 Å². The van der Waals surface area contributed by atoms with Gasteiger partial charge in [0.05, 0.1) is 18.5 Å². The highest BCUT2D eigenvalue weighted by atomic mass is 16.5. The molecule has 2 rings (SSSR count). The molecule has 0 radical (unpaired) electrons. The average Bonchev–Trinajstić information content (AvgIpc) is 2.74. The third-order valence-corrected chi connectivity index (χ3v) is 4.90. The largest absolute Gasteiger partial charge is 0.492 e. The van der Waals surface area contributed by atoms with Crippen molar-refractivity contribution in [3.05, 3.63) is 48.2 Å². The molecule has 1 aromatic heterocycles. The van der Waals surface area contributed by atoms with E-state index in [9.17, 15) is 0 Å². The maximum atomic E-state index is 5.75. The number of aromatic nitrogens is 1. The first-order valence-electron chi connectivity index (χ1n) is 11.1. The first-order valence-corrected chi connectivity index (χ1v) is 11.1. The van der Waals surface area contributed by atoms with Gasteiger partial charge in [0, 0.05) is 25.2 Å². The molecule has 0 aliphatic rings. The van der Waals surface area contributed by atoms with Crippen molar-refractivity contribution in [3.8, 4) is 17.0 Å². The molecule has 154 valence electrons. The quantitative estimate of drug-likeness (QED) is 0.315. The number of nitrogens with zero attached hydrogens (tertiary/aromatic N) is 1. The zero-order chi connectivity index (χ0) is 19.9. The third kappa shape index (κ3) is 8.88. The summed E-state index contributed by atoms with van der Waals surface area (Å²) in [5.74, 6) is 0.820. The number of hydrogen-bond donors (Lipinski definition) is 0. The molecule has 1 heterocycles. The first-order chi connectivity index (χ1) is 13.8. The van der Waals surface area contributed by atoms with Gasteiger partial charge in [-0.15, -0.1) is 0 Å². The maximum Gasteiger partial charge on any atom is 0.137 e. The van der Waals surface area contributed by atoms with E-state index in [2.05, 4.69) is 43.1 Å². The second-order valence-electron chi connectivity index (χ2n) is 7.41. The van der Waals surface area contributed by atoms with E-state index in [0.29, 0.717) is 6.61 Å². The van der Waals surface area contributed by atoms with Crippen molar-refractivity contribution in [2.24, 2.45) is 0 Å². The van der Waals surface area contributed by atoms with Crippen molar-refractivity contribution in [3.63, 3.8) is 0 Å². The Morgan fingerprint density at radius 3 is 2.18 bits per heavy atom. The van der Waals surface area contributed by atoms with Crippen LogP contribution in [-0.2, 0) is 11.2 Å². The lowest BCUT2D eigenvalue weighted by molar-refractivity contribution is 0.117. The van der Waals surface area contributed by atoms with Gasteiger partial charge in [-0.05, 0) is 37.0 Å². The molecule has 28 heavy (non-hydrogen) atoms. The maximum absolute atomic E-state index is 5.75. The molecular weight excluding hydrogens is 346 g/mol. The molecule has 0 saturated heterocycles. The van der Waals surface area contributed by atoms with Crippen LogP contribution in [0.25, 0.3) is 11.3 Å². The van der Waals surface area contributed by atoms with Gasteiger partial charge >= 0.3 is 0 Å². The minimum Gasteiger partial charge on any atom is -0.492 e. The lowest BCUT2D eigenvalue weighted by Gasteiger charge is -2.08. The number of aryl methyl sites for hydroxylation is 1. The lowest BCUT2D eigenvalue weighted by Crippen LogP contribution is -2.04. The monoisotopic (exact) mass is 383 g/mol. The summed E-state index contributed by atoms with van der Waals surface area (Å²) < 4.78 is 11.3. The van der Waals surface area contributed by atoms with Gasteiger partial charge in [0.25, 0.3) is 0 Å². The molecule has 1 aromatic carbocycles. The molecule has 0 aliphatic heterocycles. The number of ether oxygens (including phenoxy) is 2. The minimum atomic E-state index is 0.667. The van der Waals surface area contributed by atoms with Gasteiger partial charge in [-0.25, -0.2) is 0 Å². The summed E-state index contributed by atoms with van der Waals surface area (Å²) in [4.78, 5) is 4.56. The lowest BCUT2D eigenvalue weighted by atomic mass is 10.0. The van der Waals surface area contributed by atoms with Gasteiger partial charge in [0.1, 0.15) is 5.75 Å². The molecule has 0 unspecified atom stereocenters. The molecule has 3 nitrogen and oxygen atoms in total. The zero-order valence-electron chi connectivity index (χ0n) is 17.8. The van der Waals surface area contributed by atoms with E-state index in [4.69, 9.17) is 9.47 Å². The standard InChI is InChI=1S/C25H37NO2/c1-3-5-7-8-9-11-22-12-14-23(15-13-22)25-17-16-24(21-26-25)28-20-10-19-27-18-6-4-2/h12-17,21H,3-11,18-20H2,1-2H3. The molecule has 0 aliphatic carbocycles. The second kappa shape index (κ2) is 14.2. The Morgan fingerprint density at radius 2 is 1.46 bits per heavy atom. The molecule has 2 aromatic rings. The summed E-state index contributed by atoms with van der Waals surface area (Å²) in [5, 5.41) is 0. The van der Waals surface area contributed by atoms with Crippen LogP contribution in [0, 0.1) is 0 Å². The summed E-state index contributed by atoms with van der Waals surface area (Å²) in [6.45, 7) is 6.71. The molecule has 0 bridgehead atoms. The van der Waals surface area contributed by atoms with Gasteiger partial charge in [0.2, 0.25) is 0 Å². The molecule has 0 N–H and O–H groups in total. The predicted octanol–water partition coefficient (Wildman–Crippen LogP) is 6.85. The summed E-state index contributed by atoms with van der Waals surface area (Å²) in [5.41, 5.74) is 3.57. The van der Waals surface area contributed by atoms with Crippen molar-refractivity contribution in [1.29, 1.82) is 0 Å². The highest BCUT2D eigenvalue weighted by Gasteiger charge is 2.02. The van der Waals surface area contributed by atoms with Crippen LogP contribution in [-0.4, -0.2) is 24.8 Å². The fraction of sp³-hybridized carbons (Fsp3) is 0.560. The highest BCUT2D eigenvalue weighted by molar-refractivity contribution is 5.59. The van der Waals surface area contributed by atoms with E-state index >= 15 is 0 Å². The highest BCUT2D eigenvalue weighted by Crippen LogP contribution is 2.21. The Bertz CT molecular complexity index is 622. The van der Waals surface area contributed by atoms with Gasteiger partial charge in [0.15, 0.2) is 0 Å². The van der Waals surface area contributed by atoms with Crippen LogP contribution in [0.15, 0.2) is 42.6 Å². The molecule has 0 saturated carbocycles. The van der Waals surface area contributed by atoms with Crippen LogP contribution in [0.1, 0.15) is 70.8 Å². The number of hydrogen-bond acceptors (Lipinski definition) is 3. The molecular formula is C25H37NO2. The van der Waals surface area contributed by atoms with E-state index < -0.39 is 0 Å². The fourth-order valence-corrected chi connectivity index (χ4v) is 3.11. The van der Waals surface area contributed by atoms with Crippen LogP contribution < -0.4 is 4.74 Å². The normalized spacial score (nSPS) is 10.9. The van der Waals surface area contributed by atoms with E-state index in [1.54, 1.807) is 0 Å². The second-order valence-corrected chi connectivity index (χ2v) is 7.41. The average molecular weight is 384 g/mol. The molecule has 3 heteroatoms. The number of unbranched alkanes of at least 4 members (excludes halogenated alkanes) is 5. The van der Waals surface area contributed by atoms with Crippen molar-refractivity contribution < 1.29 is 9.47 Å². The van der Waals surface area contributed by atoms with Crippen molar-refractivity contribution >= 4 is 0 Å². The number of benzene rings is 1. The predicted molar refractivity (Wildman–Crippen MR) is 118 cm³/mol. The fourth-order valence-electron chi connectivity index (χ4n) is 3.11. The van der Waals surface area contributed by atoms with Gasteiger partial charge in [-0.1, -0.05) is 70.2 Å². The Labute approximate surface area is 171 Å². The summed E-state index contributed by atoms with van der Waals surface area (Å²) in [6, 6.07) is 12.9. The Balaban J connectivity index is 1.70. The number of pyridine rings is 1. The Hall–Kier alpha value is -1.87. The Morgan fingerprint density at radius 1 is 0.714 bits per heavy atom. The Kier molecular flexibility index (Phi) is 11.3. The summed E-state index contributed by atoms with van der Waals surface area (Å²) in [6.07, 6.45) is 12.8. The van der Waals surface area contributed by atoms with Crippen LogP contribution in [0.3, 0.4) is 0 Å². The van der Waals surface area contributed by atoms with E-state index in [-0.39, 0.29) is 0 Å². The minimum absolute atomic E-state index is 0.667. The smallest absolute Gasteiger partial charge is 0.137 e. The third-order valence-electron chi connectivity index (χ3n) is 4.90. The van der Waals surface area contributed by atoms with E-state index in [0.717, 1.165) is 43.1 Å². The first kappa shape index (κ1) is 22.4. The van der Waals surface area contributed by atoms with Crippen LogP contribution >= 0.6 is 0 Å². The van der Waals surface area contributed by atoms with Crippen LogP contribution in [0.5, 0.6) is 5.75 Å². The summed E-state index contributed by atoms with van der Waals surface area (Å²) >= 11 is 0. The molecule has 0 spiro atoms. The van der Waals surface area contributed by atoms with Gasteiger partial charge < -0.3 is 9.47 Å². The molecule has 0 atom stereocenters. The van der Waals surface area contributed by atoms with Crippen LogP contribution in [0.2, 0.25) is 0 Å². The number of rotatable bonds is 15. The van der Waals surface area contributed by atoms with Crippen molar-refractivity contribution in [2.45, 2.75) is 71.6 Å². The van der Waals surface area contributed by atoms with Crippen molar-refractivity contribution in [1.82, 2.24) is 4.98 Å². The molecule has 0 fully saturated rings. The molecule has 0 amide bonds.